The zero-order valence-corrected chi connectivity index (χ0v) is 13.6. The number of methoxy groups -OCH3 is 1. The summed E-state index contributed by atoms with van der Waals surface area (Å²) in [6.45, 7) is 1.03. The van der Waals surface area contributed by atoms with Crippen molar-refractivity contribution >= 4 is 16.7 Å². The predicted molar refractivity (Wildman–Crippen MR) is 91.7 cm³/mol. The Morgan fingerprint density at radius 1 is 1.17 bits per heavy atom. The number of hydrogen-bond acceptors (Lipinski definition) is 5. The maximum atomic E-state index is 6.06. The number of nitrogens with one attached hydrogen (secondary N) is 1. The molecule has 1 atom stereocenters. The Balaban J connectivity index is 1.65. The monoisotopic (exact) mass is 312 g/mol. The zero-order chi connectivity index (χ0) is 15.8. The van der Waals surface area contributed by atoms with Gasteiger partial charge in [0.25, 0.3) is 0 Å². The second-order valence-corrected chi connectivity index (χ2v) is 6.89. The molecular weight excluding hydrogens is 288 g/mol. The van der Waals surface area contributed by atoms with E-state index in [0.717, 1.165) is 48.4 Å². The third-order valence-corrected chi connectivity index (χ3v) is 5.51. The van der Waals surface area contributed by atoms with Gasteiger partial charge in [0.05, 0.1) is 30.0 Å². The summed E-state index contributed by atoms with van der Waals surface area (Å²) in [6.07, 6.45) is 7.85. The fraction of sp³-hybridized carbons (Fsp3) is 0.556. The van der Waals surface area contributed by atoms with Gasteiger partial charge in [0.1, 0.15) is 0 Å². The van der Waals surface area contributed by atoms with Crippen LogP contribution >= 0.6 is 0 Å². The Hall–Kier alpha value is -1.88. The first-order chi connectivity index (χ1) is 11.2. The van der Waals surface area contributed by atoms with Crippen molar-refractivity contribution in [2.75, 3.05) is 19.0 Å². The molecule has 122 valence electrons. The van der Waals surface area contributed by atoms with E-state index in [1.807, 2.05) is 18.3 Å². The summed E-state index contributed by atoms with van der Waals surface area (Å²) in [4.78, 5) is 9.17. The van der Waals surface area contributed by atoms with Gasteiger partial charge in [0.2, 0.25) is 5.88 Å². The van der Waals surface area contributed by atoms with Crippen LogP contribution in [0.15, 0.2) is 18.3 Å². The van der Waals surface area contributed by atoms with E-state index < -0.39 is 0 Å². The van der Waals surface area contributed by atoms with E-state index in [2.05, 4.69) is 15.3 Å². The standard InChI is InChI=1S/C18H24N4O/c1-23-17-7-6-15-18(22-17)14-8-12(9-20-16(14)10-21-15)11-2-4-13(19)5-3-11/h6-7,10-13,20H,2-5,8-9,19H2,1H3. The summed E-state index contributed by atoms with van der Waals surface area (Å²) in [7, 11) is 1.66. The minimum Gasteiger partial charge on any atom is -0.481 e. The lowest BCUT2D eigenvalue weighted by Crippen LogP contribution is -2.35. The van der Waals surface area contributed by atoms with Crippen LogP contribution in [0.1, 0.15) is 31.2 Å². The molecular formula is C18H24N4O. The number of fused-ring (bicyclic) bond motifs is 3. The molecule has 0 saturated heterocycles. The molecule has 5 heteroatoms. The lowest BCUT2D eigenvalue weighted by atomic mass is 9.75. The molecule has 2 aromatic rings. The van der Waals surface area contributed by atoms with Crippen molar-refractivity contribution in [1.29, 1.82) is 0 Å². The Kier molecular flexibility index (Phi) is 3.81. The molecule has 1 fully saturated rings. The number of aromatic nitrogens is 2. The third-order valence-electron chi connectivity index (χ3n) is 5.51. The van der Waals surface area contributed by atoms with Crippen molar-refractivity contribution < 1.29 is 4.74 Å². The number of pyridine rings is 2. The van der Waals surface area contributed by atoms with Crippen molar-refractivity contribution in [3.63, 3.8) is 0 Å². The van der Waals surface area contributed by atoms with Crippen LogP contribution in [0.25, 0.3) is 11.0 Å². The molecule has 4 rings (SSSR count). The van der Waals surface area contributed by atoms with E-state index in [0.29, 0.717) is 17.8 Å². The van der Waals surface area contributed by atoms with Crippen LogP contribution in [0.5, 0.6) is 5.88 Å². The number of nitrogens with two attached hydrogens (primary N) is 1. The van der Waals surface area contributed by atoms with Gasteiger partial charge in [-0.2, -0.15) is 0 Å². The molecule has 2 aromatic heterocycles. The summed E-state index contributed by atoms with van der Waals surface area (Å²) in [5, 5.41) is 3.58. The minimum absolute atomic E-state index is 0.408. The largest absolute Gasteiger partial charge is 0.481 e. The molecule has 5 nitrogen and oxygen atoms in total. The number of ether oxygens (including phenoxy) is 1. The first kappa shape index (κ1) is 14.7. The van der Waals surface area contributed by atoms with Crippen LogP contribution in [0, 0.1) is 11.8 Å². The number of nitrogens with zero attached hydrogens (tertiary/aromatic N) is 2. The molecule has 1 aliphatic carbocycles. The second kappa shape index (κ2) is 5.96. The summed E-state index contributed by atoms with van der Waals surface area (Å²) in [5.74, 6) is 2.08. The van der Waals surface area contributed by atoms with Gasteiger partial charge >= 0.3 is 0 Å². The van der Waals surface area contributed by atoms with Gasteiger partial charge in [0, 0.05) is 24.2 Å². The molecule has 23 heavy (non-hydrogen) atoms. The van der Waals surface area contributed by atoms with Crippen molar-refractivity contribution in [1.82, 2.24) is 9.97 Å². The average molecular weight is 312 g/mol. The van der Waals surface area contributed by atoms with Gasteiger partial charge in [-0.1, -0.05) is 0 Å². The van der Waals surface area contributed by atoms with Gasteiger partial charge < -0.3 is 15.8 Å². The molecule has 0 aromatic carbocycles. The van der Waals surface area contributed by atoms with E-state index in [9.17, 15) is 0 Å². The van der Waals surface area contributed by atoms with E-state index in [1.165, 1.54) is 18.4 Å². The molecule has 1 unspecified atom stereocenters. The fourth-order valence-corrected chi connectivity index (χ4v) is 4.10. The van der Waals surface area contributed by atoms with Crippen molar-refractivity contribution in [3.8, 4) is 5.88 Å². The normalized spacial score (nSPS) is 27.3. The molecule has 0 amide bonds. The van der Waals surface area contributed by atoms with Gasteiger partial charge in [-0.3, -0.25) is 4.98 Å². The van der Waals surface area contributed by atoms with E-state index >= 15 is 0 Å². The van der Waals surface area contributed by atoms with Crippen molar-refractivity contribution in [2.45, 2.75) is 38.1 Å². The van der Waals surface area contributed by atoms with E-state index in [4.69, 9.17) is 10.5 Å². The maximum Gasteiger partial charge on any atom is 0.213 e. The van der Waals surface area contributed by atoms with Crippen molar-refractivity contribution in [2.24, 2.45) is 17.6 Å². The Morgan fingerprint density at radius 2 is 2.00 bits per heavy atom. The maximum absolute atomic E-state index is 6.06. The second-order valence-electron chi connectivity index (χ2n) is 6.89. The molecule has 0 radical (unpaired) electrons. The molecule has 0 bridgehead atoms. The topological polar surface area (TPSA) is 73.1 Å². The van der Waals surface area contributed by atoms with Crippen LogP contribution < -0.4 is 15.8 Å². The summed E-state index contributed by atoms with van der Waals surface area (Å²) in [6, 6.07) is 4.27. The number of rotatable bonds is 2. The van der Waals surface area contributed by atoms with Crippen molar-refractivity contribution in [3.05, 3.63) is 23.9 Å². The highest BCUT2D eigenvalue weighted by atomic mass is 16.5. The van der Waals surface area contributed by atoms with Crippen LogP contribution in [0.4, 0.5) is 5.69 Å². The van der Waals surface area contributed by atoms with Crippen LogP contribution in [0.3, 0.4) is 0 Å². The predicted octanol–water partition coefficient (Wildman–Crippen LogP) is 2.74. The number of hydrogen-bond donors (Lipinski definition) is 2. The molecule has 3 N–H and O–H groups in total. The van der Waals surface area contributed by atoms with Crippen LogP contribution in [-0.4, -0.2) is 29.7 Å². The third kappa shape index (κ3) is 2.74. The van der Waals surface area contributed by atoms with Gasteiger partial charge in [0.15, 0.2) is 0 Å². The summed E-state index contributed by atoms with van der Waals surface area (Å²) < 4.78 is 5.30. The Labute approximate surface area is 136 Å². The number of anilines is 1. The molecule has 2 aliphatic rings. The van der Waals surface area contributed by atoms with E-state index in [-0.39, 0.29) is 0 Å². The molecule has 1 aliphatic heterocycles. The van der Waals surface area contributed by atoms with Gasteiger partial charge in [-0.15, -0.1) is 0 Å². The summed E-state index contributed by atoms with van der Waals surface area (Å²) >= 11 is 0. The highest BCUT2D eigenvalue weighted by molar-refractivity contribution is 5.83. The molecule has 3 heterocycles. The highest BCUT2D eigenvalue weighted by Gasteiger charge is 2.30. The lowest BCUT2D eigenvalue weighted by molar-refractivity contribution is 0.237. The lowest BCUT2D eigenvalue weighted by Gasteiger charge is -2.36. The first-order valence-corrected chi connectivity index (χ1v) is 8.56. The van der Waals surface area contributed by atoms with Gasteiger partial charge in [-0.25, -0.2) is 4.98 Å². The molecule has 0 spiro atoms. The summed E-state index contributed by atoms with van der Waals surface area (Å²) in [5.41, 5.74) is 10.4. The van der Waals surface area contributed by atoms with Crippen LogP contribution in [0.2, 0.25) is 0 Å². The average Bonchev–Trinajstić information content (AvgIpc) is 2.61. The van der Waals surface area contributed by atoms with Gasteiger partial charge in [-0.05, 0) is 50.0 Å². The van der Waals surface area contributed by atoms with Crippen LogP contribution in [-0.2, 0) is 6.42 Å². The Bertz CT molecular complexity index is 704. The quantitative estimate of drug-likeness (QED) is 0.892. The first-order valence-electron chi connectivity index (χ1n) is 8.56. The van der Waals surface area contributed by atoms with E-state index in [1.54, 1.807) is 7.11 Å². The Morgan fingerprint density at radius 3 is 2.78 bits per heavy atom. The zero-order valence-electron chi connectivity index (χ0n) is 13.6. The highest BCUT2D eigenvalue weighted by Crippen LogP contribution is 2.37. The smallest absolute Gasteiger partial charge is 0.213 e. The minimum atomic E-state index is 0.408. The SMILES string of the molecule is COc1ccc2ncc3c(c2n1)CC(C1CCC(N)CC1)CN3. The molecule has 1 saturated carbocycles. The fourth-order valence-electron chi connectivity index (χ4n) is 4.10.